The summed E-state index contributed by atoms with van der Waals surface area (Å²) in [4.78, 5) is 0. The number of nitrogens with zero attached hydrogens (tertiary/aromatic N) is 1. The predicted octanol–water partition coefficient (Wildman–Crippen LogP) is 1.26. The Hall–Kier alpha value is -1.75. The van der Waals surface area contributed by atoms with Gasteiger partial charge in [0, 0.05) is 12.0 Å². The molecule has 0 amide bonds. The van der Waals surface area contributed by atoms with Crippen LogP contribution in [0.4, 0.5) is 0 Å². The number of aryl methyl sites for hydroxylation is 1. The molecular formula is C12H16N2O3. The van der Waals surface area contributed by atoms with Crippen LogP contribution in [-0.2, 0) is 4.74 Å². The highest BCUT2D eigenvalue weighted by atomic mass is 16.5. The largest absolute Gasteiger partial charge is 0.488 e. The van der Waals surface area contributed by atoms with Gasteiger partial charge in [-0.25, -0.2) is 0 Å². The molecule has 1 aliphatic heterocycles. The van der Waals surface area contributed by atoms with Crippen LogP contribution in [0.25, 0.3) is 0 Å². The highest BCUT2D eigenvalue weighted by Crippen LogP contribution is 2.20. The Morgan fingerprint density at radius 2 is 2.41 bits per heavy atom. The molecule has 1 aromatic carbocycles. The summed E-state index contributed by atoms with van der Waals surface area (Å²) in [5, 5.41) is 11.6. The van der Waals surface area contributed by atoms with Crippen molar-refractivity contribution < 1.29 is 14.7 Å². The first-order chi connectivity index (χ1) is 8.20. The van der Waals surface area contributed by atoms with Crippen LogP contribution in [0.3, 0.4) is 0 Å². The lowest BCUT2D eigenvalue weighted by Gasteiger charge is -2.13. The van der Waals surface area contributed by atoms with Crippen LogP contribution in [0.2, 0.25) is 0 Å². The minimum atomic E-state index is 0.109. The van der Waals surface area contributed by atoms with E-state index in [9.17, 15) is 0 Å². The van der Waals surface area contributed by atoms with E-state index in [-0.39, 0.29) is 11.9 Å². The van der Waals surface area contributed by atoms with Crippen LogP contribution in [0.1, 0.15) is 17.5 Å². The van der Waals surface area contributed by atoms with E-state index < -0.39 is 0 Å². The average molecular weight is 236 g/mol. The molecule has 1 unspecified atom stereocenters. The molecule has 2 rings (SSSR count). The van der Waals surface area contributed by atoms with Gasteiger partial charge in [-0.3, -0.25) is 0 Å². The zero-order valence-corrected chi connectivity index (χ0v) is 9.72. The fourth-order valence-corrected chi connectivity index (χ4v) is 1.85. The zero-order valence-electron chi connectivity index (χ0n) is 9.72. The van der Waals surface area contributed by atoms with Crippen LogP contribution in [0.15, 0.2) is 23.4 Å². The van der Waals surface area contributed by atoms with Gasteiger partial charge in [0.15, 0.2) is 5.84 Å². The molecule has 1 aromatic rings. The second-order valence-electron chi connectivity index (χ2n) is 4.07. The van der Waals surface area contributed by atoms with E-state index in [0.29, 0.717) is 12.2 Å². The molecule has 5 heteroatoms. The molecule has 1 atom stereocenters. The molecule has 1 heterocycles. The third-order valence-corrected chi connectivity index (χ3v) is 2.77. The summed E-state index contributed by atoms with van der Waals surface area (Å²) in [6.45, 7) is 3.29. The summed E-state index contributed by atoms with van der Waals surface area (Å²) in [7, 11) is 0. The van der Waals surface area contributed by atoms with E-state index in [4.69, 9.17) is 20.4 Å². The van der Waals surface area contributed by atoms with Gasteiger partial charge in [-0.15, -0.1) is 0 Å². The molecule has 0 spiro atoms. The first kappa shape index (κ1) is 11.7. The van der Waals surface area contributed by atoms with Crippen molar-refractivity contribution in [3.8, 4) is 5.75 Å². The lowest BCUT2D eigenvalue weighted by Crippen LogP contribution is -2.17. The molecule has 1 fully saturated rings. The average Bonchev–Trinajstić information content (AvgIpc) is 2.81. The Balaban J connectivity index is 2.12. The maximum Gasteiger partial charge on any atom is 0.170 e. The third kappa shape index (κ3) is 2.68. The lowest BCUT2D eigenvalue weighted by atomic mass is 10.1. The van der Waals surface area contributed by atoms with Crippen LogP contribution < -0.4 is 10.5 Å². The summed E-state index contributed by atoms with van der Waals surface area (Å²) in [5.41, 5.74) is 7.17. The predicted molar refractivity (Wildman–Crippen MR) is 63.5 cm³/mol. The summed E-state index contributed by atoms with van der Waals surface area (Å²) < 4.78 is 11.0. The number of nitrogens with two attached hydrogens (primary N) is 1. The molecule has 92 valence electrons. The van der Waals surface area contributed by atoms with Crippen LogP contribution in [0, 0.1) is 6.92 Å². The first-order valence-corrected chi connectivity index (χ1v) is 5.53. The van der Waals surface area contributed by atoms with Gasteiger partial charge in [-0.1, -0.05) is 5.16 Å². The minimum Gasteiger partial charge on any atom is -0.488 e. The van der Waals surface area contributed by atoms with E-state index in [1.165, 1.54) is 0 Å². The minimum absolute atomic E-state index is 0.109. The van der Waals surface area contributed by atoms with Crippen LogP contribution in [-0.4, -0.2) is 30.4 Å². The van der Waals surface area contributed by atoms with E-state index in [0.717, 1.165) is 24.3 Å². The Morgan fingerprint density at radius 3 is 3.00 bits per heavy atom. The Morgan fingerprint density at radius 1 is 1.59 bits per heavy atom. The van der Waals surface area contributed by atoms with Crippen molar-refractivity contribution in [3.63, 3.8) is 0 Å². The van der Waals surface area contributed by atoms with Crippen LogP contribution >= 0.6 is 0 Å². The lowest BCUT2D eigenvalue weighted by molar-refractivity contribution is 0.141. The number of oxime groups is 1. The summed E-state index contributed by atoms with van der Waals surface area (Å²) >= 11 is 0. The Kier molecular flexibility index (Phi) is 3.49. The first-order valence-electron chi connectivity index (χ1n) is 5.53. The Labute approximate surface area is 99.8 Å². The molecule has 3 N–H and O–H groups in total. The molecule has 1 saturated heterocycles. The molecule has 0 bridgehead atoms. The highest BCUT2D eigenvalue weighted by molar-refractivity contribution is 5.98. The molecule has 17 heavy (non-hydrogen) atoms. The van der Waals surface area contributed by atoms with Crippen molar-refractivity contribution in [1.29, 1.82) is 0 Å². The fourth-order valence-electron chi connectivity index (χ4n) is 1.85. The standard InChI is InChI=1S/C12H16N2O3/c1-8-6-9(17-10-4-5-16-7-10)2-3-11(8)12(13)14-15/h2-3,6,10,15H,4-5,7H2,1H3,(H2,13,14). The molecular weight excluding hydrogens is 220 g/mol. The van der Waals surface area contributed by atoms with Gasteiger partial charge in [-0.2, -0.15) is 0 Å². The van der Waals surface area contributed by atoms with Crippen molar-refractivity contribution in [1.82, 2.24) is 0 Å². The number of ether oxygens (including phenoxy) is 2. The van der Waals surface area contributed by atoms with Crippen molar-refractivity contribution in [3.05, 3.63) is 29.3 Å². The van der Waals surface area contributed by atoms with Crippen LogP contribution in [0.5, 0.6) is 5.75 Å². The molecule has 5 nitrogen and oxygen atoms in total. The fraction of sp³-hybridized carbons (Fsp3) is 0.417. The highest BCUT2D eigenvalue weighted by Gasteiger charge is 2.17. The smallest absolute Gasteiger partial charge is 0.170 e. The molecule has 0 aromatic heterocycles. The van der Waals surface area contributed by atoms with Crippen molar-refractivity contribution >= 4 is 5.84 Å². The number of hydrogen-bond acceptors (Lipinski definition) is 4. The molecule has 0 radical (unpaired) electrons. The van der Waals surface area contributed by atoms with E-state index in [1.807, 2.05) is 19.1 Å². The van der Waals surface area contributed by atoms with Gasteiger partial charge < -0.3 is 20.4 Å². The number of amidine groups is 1. The summed E-state index contributed by atoms with van der Waals surface area (Å²) in [5.74, 6) is 0.894. The maximum absolute atomic E-state index is 8.63. The SMILES string of the molecule is Cc1cc(OC2CCOC2)ccc1/C(N)=N/O. The normalized spacial score (nSPS) is 20.5. The Bertz CT molecular complexity index is 426. The van der Waals surface area contributed by atoms with Gasteiger partial charge >= 0.3 is 0 Å². The van der Waals surface area contributed by atoms with Gasteiger partial charge in [0.05, 0.1) is 13.2 Å². The summed E-state index contributed by atoms with van der Waals surface area (Å²) in [6.07, 6.45) is 1.05. The third-order valence-electron chi connectivity index (χ3n) is 2.77. The zero-order chi connectivity index (χ0) is 12.3. The number of benzene rings is 1. The quantitative estimate of drug-likeness (QED) is 0.358. The van der Waals surface area contributed by atoms with Crippen molar-refractivity contribution in [2.24, 2.45) is 10.9 Å². The van der Waals surface area contributed by atoms with Crippen molar-refractivity contribution in [2.45, 2.75) is 19.4 Å². The van der Waals surface area contributed by atoms with E-state index >= 15 is 0 Å². The number of rotatable bonds is 3. The topological polar surface area (TPSA) is 77.1 Å². The monoisotopic (exact) mass is 236 g/mol. The molecule has 0 aliphatic carbocycles. The maximum atomic E-state index is 8.63. The van der Waals surface area contributed by atoms with Gasteiger partial charge in [-0.05, 0) is 30.7 Å². The second-order valence-corrected chi connectivity index (χ2v) is 4.07. The van der Waals surface area contributed by atoms with Gasteiger partial charge in [0.1, 0.15) is 11.9 Å². The van der Waals surface area contributed by atoms with E-state index in [2.05, 4.69) is 5.16 Å². The van der Waals surface area contributed by atoms with E-state index in [1.54, 1.807) is 6.07 Å². The molecule has 1 aliphatic rings. The molecule has 0 saturated carbocycles. The number of hydrogen-bond donors (Lipinski definition) is 2. The second kappa shape index (κ2) is 5.05. The van der Waals surface area contributed by atoms with Gasteiger partial charge in [0.25, 0.3) is 0 Å². The summed E-state index contributed by atoms with van der Waals surface area (Å²) in [6, 6.07) is 5.49. The van der Waals surface area contributed by atoms with Gasteiger partial charge in [0.2, 0.25) is 0 Å². The van der Waals surface area contributed by atoms with Crippen molar-refractivity contribution in [2.75, 3.05) is 13.2 Å².